The Kier molecular flexibility index (Phi) is 4.43. The molecule has 1 heterocycles. The first-order valence-corrected chi connectivity index (χ1v) is 8.39. The van der Waals surface area contributed by atoms with Gasteiger partial charge in [0.05, 0.1) is 10.8 Å². The van der Waals surface area contributed by atoms with Gasteiger partial charge in [0.25, 0.3) is 5.69 Å². The number of nitro groups is 1. The number of nitro benzene ring substituents is 1. The monoisotopic (exact) mass is 338 g/mol. The number of carbonyl (C=O) groups is 1. The lowest BCUT2D eigenvalue weighted by Gasteiger charge is -2.54. The van der Waals surface area contributed by atoms with E-state index in [0.29, 0.717) is 12.1 Å². The van der Waals surface area contributed by atoms with Crippen LogP contribution in [0.3, 0.4) is 0 Å². The van der Waals surface area contributed by atoms with Crippen LogP contribution >= 0.6 is 0 Å². The Labute approximate surface area is 147 Å². The first kappa shape index (κ1) is 17.3. The third kappa shape index (κ3) is 3.33. The van der Waals surface area contributed by atoms with Crippen molar-refractivity contribution in [3.63, 3.8) is 0 Å². The Hall–Kier alpha value is -2.53. The van der Waals surface area contributed by atoms with E-state index in [4.69, 9.17) is 0 Å². The number of nitrogens with zero attached hydrogens (tertiary/aromatic N) is 2. The Morgan fingerprint density at radius 3 is 2.20 bits per heavy atom. The molecule has 2 atom stereocenters. The summed E-state index contributed by atoms with van der Waals surface area (Å²) in [7, 11) is 0. The molecule has 5 heteroatoms. The molecular formula is C20H22N2O3. The van der Waals surface area contributed by atoms with Crippen LogP contribution in [0.25, 0.3) is 0 Å². The number of carbonyl (C=O) groups excluding carboxylic acids is 1. The smallest absolute Gasteiger partial charge is 0.269 e. The summed E-state index contributed by atoms with van der Waals surface area (Å²) < 4.78 is 0. The van der Waals surface area contributed by atoms with E-state index in [2.05, 4.69) is 25.7 Å². The molecule has 0 spiro atoms. The Bertz CT molecular complexity index is 779. The van der Waals surface area contributed by atoms with Crippen molar-refractivity contribution in [1.29, 1.82) is 0 Å². The molecule has 1 aliphatic heterocycles. The summed E-state index contributed by atoms with van der Waals surface area (Å²) in [6, 6.07) is 15.8. The molecule has 0 radical (unpaired) electrons. The third-order valence-corrected chi connectivity index (χ3v) is 4.81. The standard InChI is InChI=1S/C20H22N2O3/c1-20(2,3)21-13-17(19(23)15-7-5-4-6-8-15)18(21)14-9-11-16(12-10-14)22(24)25/h4-12,17-18H,13H2,1-3H3. The van der Waals surface area contributed by atoms with Gasteiger partial charge >= 0.3 is 0 Å². The van der Waals surface area contributed by atoms with Crippen molar-refractivity contribution in [3.8, 4) is 0 Å². The molecule has 0 bridgehead atoms. The van der Waals surface area contributed by atoms with Crippen molar-refractivity contribution in [2.24, 2.45) is 5.92 Å². The second-order valence-electron chi connectivity index (χ2n) is 7.45. The summed E-state index contributed by atoms with van der Waals surface area (Å²) in [4.78, 5) is 25.7. The van der Waals surface area contributed by atoms with E-state index >= 15 is 0 Å². The van der Waals surface area contributed by atoms with E-state index in [9.17, 15) is 14.9 Å². The summed E-state index contributed by atoms with van der Waals surface area (Å²) in [6.45, 7) is 7.05. The van der Waals surface area contributed by atoms with Gasteiger partial charge in [0.15, 0.2) is 5.78 Å². The minimum absolute atomic E-state index is 0.0616. The predicted molar refractivity (Wildman–Crippen MR) is 96.6 cm³/mol. The highest BCUT2D eigenvalue weighted by Crippen LogP contribution is 2.45. The van der Waals surface area contributed by atoms with E-state index in [1.807, 2.05) is 30.3 Å². The van der Waals surface area contributed by atoms with E-state index in [1.54, 1.807) is 12.1 Å². The van der Waals surface area contributed by atoms with Crippen molar-refractivity contribution in [2.45, 2.75) is 32.4 Å². The van der Waals surface area contributed by atoms with Crippen LogP contribution in [0.15, 0.2) is 54.6 Å². The van der Waals surface area contributed by atoms with Gasteiger partial charge in [-0.15, -0.1) is 0 Å². The van der Waals surface area contributed by atoms with Gasteiger partial charge in [0.2, 0.25) is 0 Å². The number of ketones is 1. The van der Waals surface area contributed by atoms with Crippen LogP contribution in [0, 0.1) is 16.0 Å². The molecule has 2 aromatic rings. The molecule has 130 valence electrons. The number of hydrogen-bond acceptors (Lipinski definition) is 4. The van der Waals surface area contributed by atoms with Crippen LogP contribution < -0.4 is 0 Å². The molecule has 2 aromatic carbocycles. The number of Topliss-reactive ketones (excluding diaryl/α,β-unsaturated/α-hetero) is 1. The molecule has 0 aromatic heterocycles. The lowest BCUT2D eigenvalue weighted by atomic mass is 9.75. The molecule has 0 aliphatic carbocycles. The molecule has 0 saturated carbocycles. The average molecular weight is 338 g/mol. The van der Waals surface area contributed by atoms with E-state index in [0.717, 1.165) is 5.56 Å². The van der Waals surface area contributed by atoms with Crippen molar-refractivity contribution in [3.05, 3.63) is 75.8 Å². The van der Waals surface area contributed by atoms with Crippen molar-refractivity contribution < 1.29 is 9.72 Å². The molecule has 1 aliphatic rings. The quantitative estimate of drug-likeness (QED) is 0.475. The van der Waals surface area contributed by atoms with Gasteiger partial charge in [-0.2, -0.15) is 0 Å². The maximum Gasteiger partial charge on any atom is 0.269 e. The molecule has 1 fully saturated rings. The van der Waals surface area contributed by atoms with Gasteiger partial charge in [-0.3, -0.25) is 19.8 Å². The van der Waals surface area contributed by atoms with Crippen LogP contribution in [0.2, 0.25) is 0 Å². The Balaban J connectivity index is 1.92. The molecule has 2 unspecified atom stereocenters. The van der Waals surface area contributed by atoms with Crippen LogP contribution in [0.5, 0.6) is 0 Å². The zero-order valence-corrected chi connectivity index (χ0v) is 14.7. The highest BCUT2D eigenvalue weighted by molar-refractivity contribution is 5.99. The fourth-order valence-corrected chi connectivity index (χ4v) is 3.44. The van der Waals surface area contributed by atoms with Crippen molar-refractivity contribution in [2.75, 3.05) is 6.54 Å². The van der Waals surface area contributed by atoms with Crippen LogP contribution in [-0.2, 0) is 0 Å². The van der Waals surface area contributed by atoms with Crippen LogP contribution in [-0.4, -0.2) is 27.7 Å². The largest absolute Gasteiger partial charge is 0.294 e. The van der Waals surface area contributed by atoms with E-state index < -0.39 is 4.92 Å². The minimum Gasteiger partial charge on any atom is -0.294 e. The highest BCUT2D eigenvalue weighted by atomic mass is 16.6. The number of non-ortho nitro benzene ring substituents is 1. The van der Waals surface area contributed by atoms with Crippen LogP contribution in [0.1, 0.15) is 42.7 Å². The van der Waals surface area contributed by atoms with Gasteiger partial charge in [0, 0.05) is 35.8 Å². The van der Waals surface area contributed by atoms with E-state index in [-0.39, 0.29) is 29.0 Å². The molecule has 0 amide bonds. The number of rotatable bonds is 4. The first-order valence-electron chi connectivity index (χ1n) is 8.39. The minimum atomic E-state index is -0.404. The summed E-state index contributed by atoms with van der Waals surface area (Å²) in [5, 5.41) is 10.9. The summed E-state index contributed by atoms with van der Waals surface area (Å²) in [6.07, 6.45) is 0. The van der Waals surface area contributed by atoms with Crippen molar-refractivity contribution >= 4 is 11.5 Å². The second-order valence-corrected chi connectivity index (χ2v) is 7.45. The molecular weight excluding hydrogens is 316 g/mol. The molecule has 0 N–H and O–H groups in total. The third-order valence-electron chi connectivity index (χ3n) is 4.81. The molecule has 3 rings (SSSR count). The fraction of sp³-hybridized carbons (Fsp3) is 0.350. The zero-order valence-electron chi connectivity index (χ0n) is 14.7. The number of hydrogen-bond donors (Lipinski definition) is 0. The highest BCUT2D eigenvalue weighted by Gasteiger charge is 2.48. The maximum atomic E-state index is 12.9. The SMILES string of the molecule is CC(C)(C)N1CC(C(=O)c2ccccc2)C1c1ccc([N+](=O)[O-])cc1. The van der Waals surface area contributed by atoms with Crippen LogP contribution in [0.4, 0.5) is 5.69 Å². The average Bonchev–Trinajstić information content (AvgIpc) is 2.54. The Morgan fingerprint density at radius 1 is 1.08 bits per heavy atom. The normalized spacial score (nSPS) is 20.8. The number of benzene rings is 2. The zero-order chi connectivity index (χ0) is 18.2. The first-order chi connectivity index (χ1) is 11.8. The molecule has 1 saturated heterocycles. The molecule has 5 nitrogen and oxygen atoms in total. The summed E-state index contributed by atoms with van der Waals surface area (Å²) in [5.41, 5.74) is 1.64. The van der Waals surface area contributed by atoms with Gasteiger partial charge in [-0.05, 0) is 26.3 Å². The number of likely N-dealkylation sites (tertiary alicyclic amines) is 1. The predicted octanol–water partition coefficient (Wildman–Crippen LogP) is 4.25. The molecule has 25 heavy (non-hydrogen) atoms. The van der Waals surface area contributed by atoms with Gasteiger partial charge in [0.1, 0.15) is 0 Å². The summed E-state index contributed by atoms with van der Waals surface area (Å²) >= 11 is 0. The van der Waals surface area contributed by atoms with E-state index in [1.165, 1.54) is 12.1 Å². The van der Waals surface area contributed by atoms with Gasteiger partial charge in [-0.25, -0.2) is 0 Å². The lowest BCUT2D eigenvalue weighted by molar-refractivity contribution is -0.384. The van der Waals surface area contributed by atoms with Gasteiger partial charge < -0.3 is 0 Å². The summed E-state index contributed by atoms with van der Waals surface area (Å²) in [5.74, 6) is -0.00691. The maximum absolute atomic E-state index is 12.9. The lowest BCUT2D eigenvalue weighted by Crippen LogP contribution is -2.60. The van der Waals surface area contributed by atoms with Crippen molar-refractivity contribution in [1.82, 2.24) is 4.90 Å². The topological polar surface area (TPSA) is 63.5 Å². The fourth-order valence-electron chi connectivity index (χ4n) is 3.44. The second kappa shape index (κ2) is 6.41. The van der Waals surface area contributed by atoms with Gasteiger partial charge in [-0.1, -0.05) is 42.5 Å². The Morgan fingerprint density at radius 2 is 1.68 bits per heavy atom.